The molecular formula is C55H96N16O13. The maximum atomic E-state index is 14.5. The molecule has 0 saturated carbocycles. The molecule has 1 aromatic rings. The van der Waals surface area contributed by atoms with Crippen LogP contribution in [-0.2, 0) is 59.2 Å². The number of nitrogens with one attached hydrogen (secondary N) is 11. The zero-order valence-corrected chi connectivity index (χ0v) is 49.3. The van der Waals surface area contributed by atoms with Gasteiger partial charge >= 0.3 is 0 Å². The summed E-state index contributed by atoms with van der Waals surface area (Å²) in [4.78, 5) is 154. The number of rotatable bonds is 29. The minimum atomic E-state index is -1.70. The summed E-state index contributed by atoms with van der Waals surface area (Å²) in [5.74, 6) is -9.94. The maximum Gasteiger partial charge on any atom is 0.245 e. The van der Waals surface area contributed by atoms with Crippen LogP contribution in [0, 0.1) is 5.92 Å². The van der Waals surface area contributed by atoms with E-state index in [1.807, 2.05) is 0 Å². The predicted molar refractivity (Wildman–Crippen MR) is 312 cm³/mol. The molecule has 1 saturated heterocycles. The van der Waals surface area contributed by atoms with Gasteiger partial charge in [0.2, 0.25) is 65.0 Å². The Morgan fingerprint density at radius 3 is 1.56 bits per heavy atom. The van der Waals surface area contributed by atoms with E-state index in [9.17, 15) is 63.0 Å². The highest BCUT2D eigenvalue weighted by Gasteiger charge is 2.37. The van der Waals surface area contributed by atoms with Crippen LogP contribution in [0.4, 0.5) is 0 Å². The van der Waals surface area contributed by atoms with E-state index >= 15 is 0 Å². The minimum Gasteiger partial charge on any atom is -0.391 e. The second-order valence-electron chi connectivity index (χ2n) is 21.5. The normalized spacial score (nSPS) is 22.6. The van der Waals surface area contributed by atoms with E-state index in [1.54, 1.807) is 44.2 Å². The molecule has 29 heteroatoms. The van der Waals surface area contributed by atoms with Crippen molar-refractivity contribution in [3.8, 4) is 0 Å². The van der Waals surface area contributed by atoms with Crippen LogP contribution in [0.15, 0.2) is 30.3 Å². The van der Waals surface area contributed by atoms with Gasteiger partial charge in [-0.25, -0.2) is 0 Å². The van der Waals surface area contributed by atoms with E-state index in [0.717, 1.165) is 25.7 Å². The molecule has 23 N–H and O–H groups in total. The van der Waals surface area contributed by atoms with E-state index in [4.69, 9.17) is 28.7 Å². The van der Waals surface area contributed by atoms with Gasteiger partial charge in [-0.3, -0.25) is 52.7 Å². The molecule has 0 aromatic heterocycles. The molecule has 0 radical (unpaired) electrons. The van der Waals surface area contributed by atoms with Gasteiger partial charge in [-0.15, -0.1) is 0 Å². The first kappa shape index (κ1) is 73.2. The van der Waals surface area contributed by atoms with Crippen molar-refractivity contribution in [3.63, 3.8) is 0 Å². The van der Waals surface area contributed by atoms with E-state index in [1.165, 1.54) is 13.8 Å². The smallest absolute Gasteiger partial charge is 0.245 e. The number of unbranched alkanes of at least 4 members (excludes halogenated alkanes) is 4. The first-order valence-corrected chi connectivity index (χ1v) is 29.2. The van der Waals surface area contributed by atoms with Crippen LogP contribution < -0.4 is 87.2 Å². The van der Waals surface area contributed by atoms with E-state index < -0.39 is 151 Å². The highest BCUT2D eigenvalue weighted by atomic mass is 16.3. The van der Waals surface area contributed by atoms with Crippen LogP contribution in [0.5, 0.6) is 0 Å². The molecule has 1 heterocycles. The van der Waals surface area contributed by atoms with Crippen molar-refractivity contribution in [2.45, 2.75) is 197 Å². The third-order valence-corrected chi connectivity index (χ3v) is 13.7. The largest absolute Gasteiger partial charge is 0.391 e. The van der Waals surface area contributed by atoms with Crippen molar-refractivity contribution in [2.24, 2.45) is 34.6 Å². The van der Waals surface area contributed by atoms with Crippen LogP contribution in [0.1, 0.15) is 124 Å². The Balaban J connectivity index is 2.68. The fourth-order valence-electron chi connectivity index (χ4n) is 9.03. The van der Waals surface area contributed by atoms with Crippen LogP contribution in [0.25, 0.3) is 0 Å². The van der Waals surface area contributed by atoms with Crippen molar-refractivity contribution >= 4 is 65.0 Å². The number of aliphatic hydroxyl groups excluding tert-OH is 2. The fourth-order valence-corrected chi connectivity index (χ4v) is 9.03. The molecule has 12 atom stereocenters. The maximum absolute atomic E-state index is 14.5. The van der Waals surface area contributed by atoms with Gasteiger partial charge in [-0.2, -0.15) is 0 Å². The number of carbonyl (C=O) groups excluding carboxylic acids is 11. The molecule has 0 unspecified atom stereocenters. The molecule has 0 aliphatic carbocycles. The molecule has 84 heavy (non-hydrogen) atoms. The predicted octanol–water partition coefficient (Wildman–Crippen LogP) is -5.49. The van der Waals surface area contributed by atoms with Gasteiger partial charge in [-0.05, 0) is 109 Å². The first-order valence-electron chi connectivity index (χ1n) is 29.2. The minimum absolute atomic E-state index is 0.0143. The van der Waals surface area contributed by atoms with E-state index in [-0.39, 0.29) is 90.0 Å². The quantitative estimate of drug-likeness (QED) is 0.0333. The van der Waals surface area contributed by atoms with Gasteiger partial charge < -0.3 is 97.4 Å². The SMILES string of the molecule is CCCCCCCC(=O)N[C@@H](CCN)C(=O)N[C@H](C(=O)N[C@H](CCN)C(=O)N[C@H]1CCNC(=O)[C@H]([C@@H](C)O)NC(=O)[C@H](CCN)NC(=O)[C@H](CCN)NC(=O)[C@H](CC(C)C)NC(=O)[C@@H](Cc2ccccc2)NC(=O)[C@H](CCN)NC1=O)[C@@H](C)O. The van der Waals surface area contributed by atoms with Gasteiger partial charge in [-0.1, -0.05) is 76.8 Å². The molecule has 1 aliphatic heterocycles. The van der Waals surface area contributed by atoms with Crippen LogP contribution >= 0.6 is 0 Å². The third kappa shape index (κ3) is 26.4. The van der Waals surface area contributed by atoms with Crippen molar-refractivity contribution < 1.29 is 63.0 Å². The fraction of sp³-hybridized carbons (Fsp3) is 0.691. The Morgan fingerprint density at radius 2 is 1.05 bits per heavy atom. The van der Waals surface area contributed by atoms with Gasteiger partial charge in [0.25, 0.3) is 0 Å². The zero-order chi connectivity index (χ0) is 62.9. The third-order valence-electron chi connectivity index (χ3n) is 13.7. The Kier molecular flexibility index (Phi) is 34.5. The van der Waals surface area contributed by atoms with Crippen LogP contribution in [0.2, 0.25) is 0 Å². The number of amides is 11. The molecule has 1 aromatic carbocycles. The van der Waals surface area contributed by atoms with Crippen molar-refractivity contribution in [3.05, 3.63) is 35.9 Å². The van der Waals surface area contributed by atoms with Gasteiger partial charge in [0.15, 0.2) is 0 Å². The summed E-state index contributed by atoms with van der Waals surface area (Å²) in [6.07, 6.45) is 0.0313. The van der Waals surface area contributed by atoms with Crippen molar-refractivity contribution in [1.82, 2.24) is 58.5 Å². The molecule has 29 nitrogen and oxygen atoms in total. The van der Waals surface area contributed by atoms with Gasteiger partial charge in [0.05, 0.1) is 12.2 Å². The number of nitrogens with two attached hydrogens (primary N) is 5. The molecular weight excluding hydrogens is 1090 g/mol. The molecule has 1 aliphatic rings. The lowest BCUT2D eigenvalue weighted by molar-refractivity contribution is -0.137. The summed E-state index contributed by atoms with van der Waals surface area (Å²) in [6.45, 7) is 6.87. The summed E-state index contributed by atoms with van der Waals surface area (Å²) in [5, 5.41) is 49.6. The Bertz CT molecular complexity index is 2280. The lowest BCUT2D eigenvalue weighted by Gasteiger charge is -2.29. The summed E-state index contributed by atoms with van der Waals surface area (Å²) >= 11 is 0. The number of benzene rings is 1. The molecule has 0 bridgehead atoms. The molecule has 0 spiro atoms. The Labute approximate surface area is 491 Å². The van der Waals surface area contributed by atoms with Gasteiger partial charge in [0, 0.05) is 19.4 Å². The van der Waals surface area contributed by atoms with Crippen molar-refractivity contribution in [1.29, 1.82) is 0 Å². The van der Waals surface area contributed by atoms with E-state index in [0.29, 0.717) is 12.0 Å². The summed E-state index contributed by atoms with van der Waals surface area (Å²) in [5.41, 5.74) is 29.9. The number of hydrogen-bond acceptors (Lipinski definition) is 18. The zero-order valence-electron chi connectivity index (χ0n) is 49.3. The van der Waals surface area contributed by atoms with Gasteiger partial charge in [0.1, 0.15) is 60.4 Å². The topological polar surface area (TPSA) is 491 Å². The van der Waals surface area contributed by atoms with Crippen LogP contribution in [-0.4, -0.2) is 187 Å². The average Bonchev–Trinajstić information content (AvgIpc) is 3.44. The van der Waals surface area contributed by atoms with Crippen molar-refractivity contribution in [2.75, 3.05) is 39.3 Å². The average molecular weight is 1190 g/mol. The highest BCUT2D eigenvalue weighted by molar-refractivity contribution is 5.99. The molecule has 1 fully saturated rings. The second-order valence-corrected chi connectivity index (χ2v) is 21.5. The number of hydrogen-bond donors (Lipinski definition) is 18. The number of aliphatic hydroxyl groups is 2. The monoisotopic (exact) mass is 1190 g/mol. The number of carbonyl (C=O) groups is 11. The molecule has 474 valence electrons. The van der Waals surface area contributed by atoms with Crippen LogP contribution in [0.3, 0.4) is 0 Å². The molecule has 2 rings (SSSR count). The Hall–Kier alpha value is -6.89. The standard InChI is InChI=1S/C55H96N16O13/c1-6-7-8-9-13-16-43(74)62-35(17-23-56)50(79)71-45(33(5)73)55(84)67-38(20-26-59)47(76)66-40-22-28-61-54(83)44(32(4)72)70-51(80)39(21-27-60)64-46(75)36(18-24-57)65-52(81)41(29-31(2)3)68-53(82)42(30-34-14-11-10-12-15-34)69-48(77)37(19-25-58)63-49(40)78/h10-12,14-15,31-33,35-42,44-45,72-73H,6-9,13,16-30,56-60H2,1-5H3,(H,61,83)(H,62,74)(H,63,78)(H,64,75)(H,65,81)(H,66,76)(H,67,84)(H,68,82)(H,69,77)(H,70,80)(H,71,79)/t32-,33-,35+,36+,37+,38-,39+,40+,41+,42-,44+,45+/m1/s1. The first-order chi connectivity index (χ1) is 39.9. The Morgan fingerprint density at radius 1 is 0.560 bits per heavy atom. The summed E-state index contributed by atoms with van der Waals surface area (Å²) in [7, 11) is 0. The molecule has 11 amide bonds. The second kappa shape index (κ2) is 39.6. The lowest BCUT2D eigenvalue weighted by Crippen LogP contribution is -2.62. The summed E-state index contributed by atoms with van der Waals surface area (Å²) in [6, 6.07) is -6.22. The lowest BCUT2D eigenvalue weighted by atomic mass is 10.00. The summed E-state index contributed by atoms with van der Waals surface area (Å²) < 4.78 is 0. The highest BCUT2D eigenvalue weighted by Crippen LogP contribution is 2.12. The van der Waals surface area contributed by atoms with E-state index in [2.05, 4.69) is 65.4 Å².